The second-order valence-corrected chi connectivity index (χ2v) is 9.48. The highest BCUT2D eigenvalue weighted by molar-refractivity contribution is 6.30. The number of para-hydroxylation sites is 1. The summed E-state index contributed by atoms with van der Waals surface area (Å²) in [4.78, 5) is 12.5. The molecule has 0 fully saturated rings. The van der Waals surface area contributed by atoms with E-state index in [0.717, 1.165) is 29.5 Å². The Labute approximate surface area is 219 Å². The Morgan fingerprint density at radius 3 is 2.59 bits per heavy atom. The number of carboxylic acid groups (broad SMARTS) is 1. The van der Waals surface area contributed by atoms with E-state index in [9.17, 15) is 4.79 Å². The van der Waals surface area contributed by atoms with Gasteiger partial charge in [-0.25, -0.2) is 0 Å². The molecule has 3 aromatic carbocycles. The van der Waals surface area contributed by atoms with Gasteiger partial charge in [0.05, 0.1) is 20.8 Å². The van der Waals surface area contributed by atoms with Crippen molar-refractivity contribution < 1.29 is 19.4 Å². The number of halogens is 1. The number of hydrogen-bond acceptors (Lipinski definition) is 6. The topological polar surface area (TPSA) is 99.4 Å². The SMILES string of the molecule is COc1cccc([C@H]2C[C@H](CCn3nnc(CC(=O)O)n3)c3ccccc3-c3ccc(Cl)cc32)c1OC. The van der Waals surface area contributed by atoms with Crippen molar-refractivity contribution in [2.75, 3.05) is 14.2 Å². The summed E-state index contributed by atoms with van der Waals surface area (Å²) < 4.78 is 11.5. The van der Waals surface area contributed by atoms with Gasteiger partial charge in [0.2, 0.25) is 0 Å². The molecule has 190 valence electrons. The predicted octanol–water partition coefficient (Wildman–Crippen LogP) is 5.35. The highest BCUT2D eigenvalue weighted by atomic mass is 35.5. The van der Waals surface area contributed by atoms with Gasteiger partial charge in [0.25, 0.3) is 0 Å². The molecule has 2 atom stereocenters. The van der Waals surface area contributed by atoms with E-state index in [1.165, 1.54) is 15.9 Å². The van der Waals surface area contributed by atoms with Crippen LogP contribution in [-0.2, 0) is 17.8 Å². The van der Waals surface area contributed by atoms with Gasteiger partial charge in [-0.2, -0.15) is 4.80 Å². The number of ether oxygens (including phenoxy) is 2. The van der Waals surface area contributed by atoms with Gasteiger partial charge in [0.1, 0.15) is 6.42 Å². The maximum Gasteiger partial charge on any atom is 0.311 e. The van der Waals surface area contributed by atoms with E-state index < -0.39 is 5.97 Å². The van der Waals surface area contributed by atoms with Crippen LogP contribution in [0, 0.1) is 0 Å². The third-order valence-electron chi connectivity index (χ3n) is 6.89. The van der Waals surface area contributed by atoms with Crippen LogP contribution in [0.5, 0.6) is 11.5 Å². The first-order valence-corrected chi connectivity index (χ1v) is 12.4. The van der Waals surface area contributed by atoms with E-state index in [4.69, 9.17) is 26.2 Å². The van der Waals surface area contributed by atoms with Gasteiger partial charge in [-0.05, 0) is 64.4 Å². The Balaban J connectivity index is 1.58. The molecule has 0 amide bonds. The van der Waals surface area contributed by atoms with E-state index in [-0.39, 0.29) is 24.1 Å². The summed E-state index contributed by atoms with van der Waals surface area (Å²) in [7, 11) is 3.30. The van der Waals surface area contributed by atoms with Gasteiger partial charge in [-0.15, -0.1) is 10.2 Å². The van der Waals surface area contributed by atoms with E-state index in [1.54, 1.807) is 14.2 Å². The molecule has 5 rings (SSSR count). The van der Waals surface area contributed by atoms with Crippen molar-refractivity contribution >= 4 is 17.6 Å². The highest BCUT2D eigenvalue weighted by Gasteiger charge is 2.32. The van der Waals surface area contributed by atoms with Gasteiger partial charge in [0, 0.05) is 16.5 Å². The summed E-state index contributed by atoms with van der Waals surface area (Å²) in [6.07, 6.45) is 1.29. The first-order chi connectivity index (χ1) is 18.0. The van der Waals surface area contributed by atoms with Crippen LogP contribution in [0.1, 0.15) is 47.2 Å². The molecular weight excluding hydrogens is 492 g/mol. The zero-order valence-corrected chi connectivity index (χ0v) is 21.4. The summed E-state index contributed by atoms with van der Waals surface area (Å²) in [6.45, 7) is 0.505. The summed E-state index contributed by atoms with van der Waals surface area (Å²) in [5, 5.41) is 21.9. The average molecular weight is 519 g/mol. The molecule has 1 aliphatic carbocycles. The maximum atomic E-state index is 11.0. The minimum Gasteiger partial charge on any atom is -0.493 e. The molecule has 9 heteroatoms. The largest absolute Gasteiger partial charge is 0.493 e. The van der Waals surface area contributed by atoms with Crippen LogP contribution >= 0.6 is 11.6 Å². The molecule has 0 radical (unpaired) electrons. The van der Waals surface area contributed by atoms with Gasteiger partial charge >= 0.3 is 5.97 Å². The van der Waals surface area contributed by atoms with Crippen LogP contribution in [0.4, 0.5) is 0 Å². The van der Waals surface area contributed by atoms with E-state index in [2.05, 4.69) is 57.9 Å². The number of methoxy groups -OCH3 is 2. The minimum absolute atomic E-state index is 0.0116. The lowest BCUT2D eigenvalue weighted by molar-refractivity contribution is -0.136. The van der Waals surface area contributed by atoms with Crippen molar-refractivity contribution in [3.63, 3.8) is 0 Å². The van der Waals surface area contributed by atoms with Crippen LogP contribution in [0.25, 0.3) is 11.1 Å². The summed E-state index contributed by atoms with van der Waals surface area (Å²) in [6, 6.07) is 20.5. The lowest BCUT2D eigenvalue weighted by Gasteiger charge is -2.25. The molecule has 37 heavy (non-hydrogen) atoms. The quantitative estimate of drug-likeness (QED) is 0.336. The molecule has 0 bridgehead atoms. The molecular formula is C28H27ClN4O4. The van der Waals surface area contributed by atoms with Crippen LogP contribution in [0.2, 0.25) is 5.02 Å². The first-order valence-electron chi connectivity index (χ1n) is 12.1. The van der Waals surface area contributed by atoms with Crippen LogP contribution in [-0.4, -0.2) is 45.5 Å². The smallest absolute Gasteiger partial charge is 0.311 e. The van der Waals surface area contributed by atoms with Crippen molar-refractivity contribution in [1.82, 2.24) is 20.2 Å². The second kappa shape index (κ2) is 10.6. The number of rotatable bonds is 8. The van der Waals surface area contributed by atoms with Crippen molar-refractivity contribution in [2.45, 2.75) is 37.6 Å². The Morgan fingerprint density at radius 1 is 1.03 bits per heavy atom. The zero-order chi connectivity index (χ0) is 25.9. The van der Waals surface area contributed by atoms with Crippen molar-refractivity contribution in [1.29, 1.82) is 0 Å². The molecule has 0 aliphatic heterocycles. The lowest BCUT2D eigenvalue weighted by Crippen LogP contribution is -2.12. The molecule has 8 nitrogen and oxygen atoms in total. The normalized spacial score (nSPS) is 16.4. The Hall–Kier alpha value is -3.91. The number of carbonyl (C=O) groups is 1. The fourth-order valence-electron chi connectivity index (χ4n) is 5.31. The van der Waals surface area contributed by atoms with Crippen LogP contribution in [0.3, 0.4) is 0 Å². The van der Waals surface area contributed by atoms with Crippen molar-refractivity contribution in [3.05, 3.63) is 88.2 Å². The standard InChI is InChI=1S/C28H27ClN4O4/c1-36-25-9-5-8-22(28(25)37-2)23-14-17(12-13-33-31-26(30-32-33)16-27(34)35)19-6-3-4-7-20(19)21-11-10-18(29)15-24(21)23/h3-11,15,17,23H,12-14,16H2,1-2H3,(H,34,35)/t17-,23+/m0/s1. The number of fused-ring (bicyclic) bond motifs is 3. The Morgan fingerprint density at radius 2 is 1.81 bits per heavy atom. The molecule has 1 aromatic heterocycles. The van der Waals surface area contributed by atoms with E-state index in [1.807, 2.05) is 18.2 Å². The monoisotopic (exact) mass is 518 g/mol. The minimum atomic E-state index is -0.983. The average Bonchev–Trinajstić information content (AvgIpc) is 3.29. The van der Waals surface area contributed by atoms with Gasteiger partial charge in [-0.3, -0.25) is 4.79 Å². The van der Waals surface area contributed by atoms with Crippen molar-refractivity contribution in [2.24, 2.45) is 0 Å². The molecule has 0 saturated carbocycles. The fourth-order valence-corrected chi connectivity index (χ4v) is 5.49. The zero-order valence-electron chi connectivity index (χ0n) is 20.6. The van der Waals surface area contributed by atoms with Gasteiger partial charge < -0.3 is 14.6 Å². The highest BCUT2D eigenvalue weighted by Crippen LogP contribution is 2.50. The number of nitrogens with zero attached hydrogens (tertiary/aromatic N) is 4. The first kappa shape index (κ1) is 24.8. The third-order valence-corrected chi connectivity index (χ3v) is 7.13. The van der Waals surface area contributed by atoms with Gasteiger partial charge in [0.15, 0.2) is 17.3 Å². The van der Waals surface area contributed by atoms with Gasteiger partial charge in [-0.1, -0.05) is 54.1 Å². The second-order valence-electron chi connectivity index (χ2n) is 9.05. The molecule has 0 saturated heterocycles. The predicted molar refractivity (Wildman–Crippen MR) is 139 cm³/mol. The van der Waals surface area contributed by atoms with E-state index in [0.29, 0.717) is 23.1 Å². The summed E-state index contributed by atoms with van der Waals surface area (Å²) >= 11 is 6.53. The summed E-state index contributed by atoms with van der Waals surface area (Å²) in [5.74, 6) is 0.750. The number of aromatic nitrogens is 4. The summed E-state index contributed by atoms with van der Waals surface area (Å²) in [5.41, 5.74) is 5.71. The number of aliphatic carboxylic acids is 1. The fraction of sp³-hybridized carbons (Fsp3) is 0.286. The number of benzene rings is 3. The molecule has 1 aliphatic rings. The number of aryl methyl sites for hydroxylation is 1. The van der Waals surface area contributed by atoms with Crippen molar-refractivity contribution in [3.8, 4) is 22.6 Å². The molecule has 0 unspecified atom stereocenters. The molecule has 4 aromatic rings. The Kier molecular flexibility index (Phi) is 7.10. The van der Waals surface area contributed by atoms with Crippen LogP contribution in [0.15, 0.2) is 60.7 Å². The number of carboxylic acids is 1. The molecule has 0 spiro atoms. The van der Waals surface area contributed by atoms with Crippen LogP contribution < -0.4 is 9.47 Å². The number of tetrazole rings is 1. The van der Waals surface area contributed by atoms with E-state index >= 15 is 0 Å². The molecule has 1 heterocycles. The lowest BCUT2D eigenvalue weighted by atomic mass is 9.81. The number of hydrogen-bond donors (Lipinski definition) is 1. The molecule has 1 N–H and O–H groups in total. The Bertz CT molecular complexity index is 1440. The maximum absolute atomic E-state index is 11.0. The third kappa shape index (κ3) is 5.02.